The van der Waals surface area contributed by atoms with E-state index in [2.05, 4.69) is 33.4 Å². The summed E-state index contributed by atoms with van der Waals surface area (Å²) in [7, 11) is 0. The van der Waals surface area contributed by atoms with E-state index in [4.69, 9.17) is 11.6 Å². The van der Waals surface area contributed by atoms with Crippen LogP contribution in [0.15, 0.2) is 35.7 Å². The third-order valence-corrected chi connectivity index (χ3v) is 8.64. The van der Waals surface area contributed by atoms with Crippen molar-refractivity contribution >= 4 is 28.8 Å². The zero-order valence-corrected chi connectivity index (χ0v) is 18.5. The average Bonchev–Trinajstić information content (AvgIpc) is 3.44. The van der Waals surface area contributed by atoms with Crippen molar-refractivity contribution in [3.8, 4) is 0 Å². The molecule has 1 saturated heterocycles. The van der Waals surface area contributed by atoms with Gasteiger partial charge in [-0.2, -0.15) is 0 Å². The summed E-state index contributed by atoms with van der Waals surface area (Å²) in [6.45, 7) is 4.05. The van der Waals surface area contributed by atoms with Gasteiger partial charge in [-0.3, -0.25) is 9.69 Å². The van der Waals surface area contributed by atoms with E-state index in [0.29, 0.717) is 11.9 Å². The van der Waals surface area contributed by atoms with Crippen LogP contribution in [0.2, 0.25) is 5.02 Å². The molecule has 0 bridgehead atoms. The molecule has 2 fully saturated rings. The van der Waals surface area contributed by atoms with Crippen LogP contribution in [0.5, 0.6) is 0 Å². The number of rotatable bonds is 3. The summed E-state index contributed by atoms with van der Waals surface area (Å²) in [5.41, 5.74) is 2.36. The smallest absolute Gasteiger partial charge is 0.233 e. The van der Waals surface area contributed by atoms with Gasteiger partial charge < -0.3 is 4.90 Å². The van der Waals surface area contributed by atoms with Crippen LogP contribution in [0.4, 0.5) is 0 Å². The lowest BCUT2D eigenvalue weighted by Crippen LogP contribution is -2.52. The summed E-state index contributed by atoms with van der Waals surface area (Å²) in [4.78, 5) is 20.1. The summed E-state index contributed by atoms with van der Waals surface area (Å²) < 4.78 is 0. The van der Waals surface area contributed by atoms with E-state index in [1.807, 2.05) is 23.5 Å². The number of piperidine rings is 1. The maximum Gasteiger partial charge on any atom is 0.233 e. The molecule has 1 aliphatic carbocycles. The Bertz CT molecular complexity index is 863. The van der Waals surface area contributed by atoms with Gasteiger partial charge in [0.1, 0.15) is 0 Å². The maximum atomic E-state index is 13.7. The molecule has 29 heavy (non-hydrogen) atoms. The van der Waals surface area contributed by atoms with E-state index in [1.165, 1.54) is 18.5 Å². The standard InChI is InChI=1S/C24H29ClN2OS/c25-20-5-3-19(4-6-20)24(11-1-2-12-24)23(28)26-13-7-21(8-14-26)27-15-9-22-18(17-27)10-16-29-22/h3-6,10,16,21H,1-2,7-9,11-15,17H2. The predicted molar refractivity (Wildman–Crippen MR) is 120 cm³/mol. The molecule has 1 aromatic carbocycles. The number of amides is 1. The number of nitrogens with zero attached hydrogens (tertiary/aromatic N) is 2. The summed E-state index contributed by atoms with van der Waals surface area (Å²) >= 11 is 8.01. The van der Waals surface area contributed by atoms with Crippen molar-refractivity contribution in [2.24, 2.45) is 0 Å². The topological polar surface area (TPSA) is 23.6 Å². The predicted octanol–water partition coefficient (Wildman–Crippen LogP) is 5.26. The summed E-state index contributed by atoms with van der Waals surface area (Å²) in [5, 5.41) is 2.97. The quantitative estimate of drug-likeness (QED) is 0.665. The number of thiophene rings is 1. The first-order valence-electron chi connectivity index (χ1n) is 11.0. The molecule has 0 spiro atoms. The number of likely N-dealkylation sites (tertiary alicyclic amines) is 1. The number of hydrogen-bond donors (Lipinski definition) is 0. The van der Waals surface area contributed by atoms with Crippen molar-refractivity contribution in [3.05, 3.63) is 56.7 Å². The molecule has 2 aliphatic heterocycles. The molecule has 3 nitrogen and oxygen atoms in total. The number of fused-ring (bicyclic) bond motifs is 1. The normalized spacial score (nSPS) is 22.6. The summed E-state index contributed by atoms with van der Waals surface area (Å²) in [5.74, 6) is 0.356. The Labute approximate surface area is 182 Å². The van der Waals surface area contributed by atoms with Crippen LogP contribution < -0.4 is 0 Å². The van der Waals surface area contributed by atoms with Crippen LogP contribution in [0.25, 0.3) is 0 Å². The highest BCUT2D eigenvalue weighted by Gasteiger charge is 2.45. The molecule has 5 heteroatoms. The molecule has 0 N–H and O–H groups in total. The Morgan fingerprint density at radius 3 is 2.48 bits per heavy atom. The number of carbonyl (C=O) groups excluding carboxylic acids is 1. The van der Waals surface area contributed by atoms with Crippen LogP contribution >= 0.6 is 22.9 Å². The van der Waals surface area contributed by atoms with Crippen LogP contribution in [0, 0.1) is 0 Å². The van der Waals surface area contributed by atoms with Crippen LogP contribution in [0.3, 0.4) is 0 Å². The van der Waals surface area contributed by atoms with Gasteiger partial charge in [-0.1, -0.05) is 36.6 Å². The minimum Gasteiger partial charge on any atom is -0.342 e. The van der Waals surface area contributed by atoms with Crippen molar-refractivity contribution in [1.29, 1.82) is 0 Å². The maximum absolute atomic E-state index is 13.7. The molecule has 3 aliphatic rings. The van der Waals surface area contributed by atoms with Gasteiger partial charge in [0.15, 0.2) is 0 Å². The highest BCUT2D eigenvalue weighted by Crippen LogP contribution is 2.43. The molecule has 1 saturated carbocycles. The SMILES string of the molecule is O=C(N1CCC(N2CCc3sccc3C2)CC1)C1(c2ccc(Cl)cc2)CCCC1. The fourth-order valence-corrected chi connectivity index (χ4v) is 6.71. The van der Waals surface area contributed by atoms with Crippen LogP contribution in [-0.2, 0) is 23.2 Å². The number of hydrogen-bond acceptors (Lipinski definition) is 3. The highest BCUT2D eigenvalue weighted by atomic mass is 35.5. The lowest BCUT2D eigenvalue weighted by Gasteiger charge is -2.42. The highest BCUT2D eigenvalue weighted by molar-refractivity contribution is 7.10. The van der Waals surface area contributed by atoms with Gasteiger partial charge in [0.25, 0.3) is 0 Å². The Balaban J connectivity index is 1.26. The molecule has 0 unspecified atom stereocenters. The van der Waals surface area contributed by atoms with Crippen molar-refractivity contribution in [1.82, 2.24) is 9.80 Å². The van der Waals surface area contributed by atoms with Gasteiger partial charge in [0.2, 0.25) is 5.91 Å². The molecule has 0 radical (unpaired) electrons. The second-order valence-corrected chi connectivity index (χ2v) is 10.3. The Morgan fingerprint density at radius 2 is 1.76 bits per heavy atom. The van der Waals surface area contributed by atoms with Gasteiger partial charge in [-0.25, -0.2) is 0 Å². The number of carbonyl (C=O) groups is 1. The van der Waals surface area contributed by atoms with Crippen LogP contribution in [-0.4, -0.2) is 41.4 Å². The van der Waals surface area contributed by atoms with E-state index in [0.717, 1.165) is 68.7 Å². The third-order valence-electron chi connectivity index (χ3n) is 7.37. The number of benzene rings is 1. The van der Waals surface area contributed by atoms with E-state index >= 15 is 0 Å². The Kier molecular flexibility index (Phi) is 5.44. The van der Waals surface area contributed by atoms with E-state index < -0.39 is 0 Å². The fraction of sp³-hybridized carbons (Fsp3) is 0.542. The van der Waals surface area contributed by atoms with E-state index in [1.54, 1.807) is 4.88 Å². The second kappa shape index (κ2) is 8.05. The monoisotopic (exact) mass is 428 g/mol. The molecule has 5 rings (SSSR count). The largest absolute Gasteiger partial charge is 0.342 e. The zero-order valence-electron chi connectivity index (χ0n) is 16.9. The van der Waals surface area contributed by atoms with Crippen molar-refractivity contribution < 1.29 is 4.79 Å². The van der Waals surface area contributed by atoms with Crippen molar-refractivity contribution in [2.45, 2.75) is 62.9 Å². The summed E-state index contributed by atoms with van der Waals surface area (Å²) in [6, 6.07) is 10.9. The lowest BCUT2D eigenvalue weighted by atomic mass is 9.77. The van der Waals surface area contributed by atoms with Gasteiger partial charge in [0, 0.05) is 42.1 Å². The van der Waals surface area contributed by atoms with E-state index in [9.17, 15) is 4.79 Å². The first-order valence-corrected chi connectivity index (χ1v) is 12.3. The zero-order chi connectivity index (χ0) is 19.8. The second-order valence-electron chi connectivity index (χ2n) is 8.91. The minimum atomic E-state index is -0.325. The lowest BCUT2D eigenvalue weighted by molar-refractivity contribution is -0.139. The Hall–Kier alpha value is -1.36. The van der Waals surface area contributed by atoms with Gasteiger partial charge in [-0.05, 0) is 66.8 Å². The first kappa shape index (κ1) is 19.6. The molecule has 3 heterocycles. The third kappa shape index (κ3) is 3.64. The minimum absolute atomic E-state index is 0.325. The molecule has 2 aromatic rings. The molecule has 0 atom stereocenters. The fourth-order valence-electron chi connectivity index (χ4n) is 5.69. The Morgan fingerprint density at radius 1 is 1.03 bits per heavy atom. The molecule has 1 amide bonds. The van der Waals surface area contributed by atoms with E-state index in [-0.39, 0.29) is 5.41 Å². The molecule has 1 aromatic heterocycles. The van der Waals surface area contributed by atoms with Crippen molar-refractivity contribution in [3.63, 3.8) is 0 Å². The molecular formula is C24H29ClN2OS. The number of halogens is 1. The van der Waals surface area contributed by atoms with Crippen molar-refractivity contribution in [2.75, 3.05) is 19.6 Å². The molecular weight excluding hydrogens is 400 g/mol. The molecule has 154 valence electrons. The average molecular weight is 429 g/mol. The summed E-state index contributed by atoms with van der Waals surface area (Å²) in [6.07, 6.45) is 7.61. The first-order chi connectivity index (χ1) is 14.2. The van der Waals surface area contributed by atoms with Crippen LogP contribution in [0.1, 0.15) is 54.5 Å². The van der Waals surface area contributed by atoms with Gasteiger partial charge >= 0.3 is 0 Å². The van der Waals surface area contributed by atoms with Gasteiger partial charge in [0.05, 0.1) is 5.41 Å². The van der Waals surface area contributed by atoms with Gasteiger partial charge in [-0.15, -0.1) is 11.3 Å².